The Bertz CT molecular complexity index is 822. The standard InChI is InChI=1S/C28H46O6Si/c1-20-25(34-35(7,8)27(4,5)6)15-17-31-28(20)21(2)26(32-22(3)29)18-24(33-28)14-16-30-19-23-12-10-9-11-13-23/h9-13,20-21,24-26H,14-19H2,1-8H3/t20-,21+,24-,25+,26+,28+/m0/s1. The van der Waals surface area contributed by atoms with Gasteiger partial charge in [-0.3, -0.25) is 4.79 Å². The van der Waals surface area contributed by atoms with Crippen LogP contribution in [0.4, 0.5) is 0 Å². The van der Waals surface area contributed by atoms with E-state index in [1.807, 2.05) is 18.2 Å². The highest BCUT2D eigenvalue weighted by molar-refractivity contribution is 6.74. The molecule has 0 aliphatic carbocycles. The molecule has 1 aromatic carbocycles. The number of ether oxygens (including phenoxy) is 4. The number of carbonyl (C=O) groups excluding carboxylic acids is 1. The van der Waals surface area contributed by atoms with Crippen LogP contribution < -0.4 is 0 Å². The lowest BCUT2D eigenvalue weighted by Crippen LogP contribution is -2.64. The Hall–Kier alpha value is -1.25. The van der Waals surface area contributed by atoms with Crippen molar-refractivity contribution < 1.29 is 28.2 Å². The summed E-state index contributed by atoms with van der Waals surface area (Å²) in [6, 6.07) is 10.2. The summed E-state index contributed by atoms with van der Waals surface area (Å²) in [5.74, 6) is -1.22. The van der Waals surface area contributed by atoms with Gasteiger partial charge in [0.05, 0.1) is 25.4 Å². The molecule has 2 heterocycles. The maximum atomic E-state index is 11.9. The Morgan fingerprint density at radius 3 is 2.40 bits per heavy atom. The van der Waals surface area contributed by atoms with E-state index in [1.54, 1.807) is 0 Å². The summed E-state index contributed by atoms with van der Waals surface area (Å²) in [5.41, 5.74) is 1.15. The van der Waals surface area contributed by atoms with Gasteiger partial charge in [-0.1, -0.05) is 65.0 Å². The van der Waals surface area contributed by atoms with Gasteiger partial charge in [-0.05, 0) is 36.5 Å². The van der Waals surface area contributed by atoms with E-state index in [1.165, 1.54) is 6.92 Å². The van der Waals surface area contributed by atoms with Crippen LogP contribution in [0, 0.1) is 11.8 Å². The highest BCUT2D eigenvalue weighted by Gasteiger charge is 2.58. The summed E-state index contributed by atoms with van der Waals surface area (Å²) in [6.07, 6.45) is 1.84. The van der Waals surface area contributed by atoms with Gasteiger partial charge < -0.3 is 23.4 Å². The smallest absolute Gasteiger partial charge is 0.302 e. The Morgan fingerprint density at radius 2 is 1.77 bits per heavy atom. The molecule has 198 valence electrons. The van der Waals surface area contributed by atoms with Crippen LogP contribution in [-0.2, 0) is 34.8 Å². The second-order valence-electron chi connectivity index (χ2n) is 11.8. The van der Waals surface area contributed by atoms with Crippen molar-refractivity contribution in [3.8, 4) is 0 Å². The molecule has 2 fully saturated rings. The lowest BCUT2D eigenvalue weighted by atomic mass is 9.76. The Morgan fingerprint density at radius 1 is 1.11 bits per heavy atom. The summed E-state index contributed by atoms with van der Waals surface area (Å²) in [5, 5.41) is 0.121. The van der Waals surface area contributed by atoms with Crippen molar-refractivity contribution >= 4 is 14.3 Å². The van der Waals surface area contributed by atoms with Gasteiger partial charge in [-0.2, -0.15) is 0 Å². The van der Waals surface area contributed by atoms with Crippen LogP contribution in [0.25, 0.3) is 0 Å². The molecule has 0 amide bonds. The van der Waals surface area contributed by atoms with Crippen molar-refractivity contribution in [3.05, 3.63) is 35.9 Å². The first-order valence-electron chi connectivity index (χ1n) is 13.1. The monoisotopic (exact) mass is 506 g/mol. The van der Waals surface area contributed by atoms with Gasteiger partial charge in [0.25, 0.3) is 0 Å². The third kappa shape index (κ3) is 6.75. The molecule has 1 aromatic rings. The van der Waals surface area contributed by atoms with Crippen molar-refractivity contribution in [1.82, 2.24) is 0 Å². The summed E-state index contributed by atoms with van der Waals surface area (Å²) >= 11 is 0. The average Bonchev–Trinajstić information content (AvgIpc) is 2.77. The molecular formula is C28H46O6Si. The summed E-state index contributed by atoms with van der Waals surface area (Å²) < 4.78 is 31.9. The van der Waals surface area contributed by atoms with Gasteiger partial charge in [-0.15, -0.1) is 0 Å². The van der Waals surface area contributed by atoms with Crippen molar-refractivity contribution in [2.75, 3.05) is 13.2 Å². The van der Waals surface area contributed by atoms with Crippen LogP contribution >= 0.6 is 0 Å². The minimum absolute atomic E-state index is 0.00599. The molecule has 0 radical (unpaired) electrons. The first kappa shape index (κ1) is 28.3. The van der Waals surface area contributed by atoms with Crippen molar-refractivity contribution in [2.24, 2.45) is 11.8 Å². The zero-order valence-electron chi connectivity index (χ0n) is 23.0. The zero-order chi connectivity index (χ0) is 25.9. The topological polar surface area (TPSA) is 63.2 Å². The maximum Gasteiger partial charge on any atom is 0.302 e. The molecule has 2 saturated heterocycles. The molecular weight excluding hydrogens is 460 g/mol. The molecule has 0 bridgehead atoms. The molecule has 35 heavy (non-hydrogen) atoms. The van der Waals surface area contributed by atoms with Crippen LogP contribution in [0.2, 0.25) is 18.1 Å². The molecule has 6 nitrogen and oxygen atoms in total. The highest BCUT2D eigenvalue weighted by Crippen LogP contribution is 2.48. The number of hydrogen-bond acceptors (Lipinski definition) is 6. The van der Waals surface area contributed by atoms with Crippen LogP contribution in [-0.4, -0.2) is 51.6 Å². The number of esters is 1. The maximum absolute atomic E-state index is 11.9. The van der Waals surface area contributed by atoms with Crippen LogP contribution in [0.15, 0.2) is 30.3 Å². The highest BCUT2D eigenvalue weighted by atomic mass is 28.4. The van der Waals surface area contributed by atoms with E-state index in [9.17, 15) is 4.79 Å². The van der Waals surface area contributed by atoms with E-state index >= 15 is 0 Å². The van der Waals surface area contributed by atoms with E-state index in [2.05, 4.69) is 59.8 Å². The van der Waals surface area contributed by atoms with Crippen LogP contribution in [0.3, 0.4) is 0 Å². The first-order valence-corrected chi connectivity index (χ1v) is 16.0. The minimum Gasteiger partial charge on any atom is -0.462 e. The molecule has 0 saturated carbocycles. The van der Waals surface area contributed by atoms with Gasteiger partial charge in [0.15, 0.2) is 14.1 Å². The fourth-order valence-electron chi connectivity index (χ4n) is 5.04. The molecule has 0 unspecified atom stereocenters. The van der Waals surface area contributed by atoms with Gasteiger partial charge in [-0.25, -0.2) is 0 Å². The van der Waals surface area contributed by atoms with E-state index in [4.69, 9.17) is 23.4 Å². The molecule has 6 atom stereocenters. The first-order chi connectivity index (χ1) is 16.4. The molecule has 2 aliphatic rings. The Balaban J connectivity index is 1.73. The van der Waals surface area contributed by atoms with Crippen molar-refractivity contribution in [2.45, 2.75) is 110 Å². The minimum atomic E-state index is -1.97. The lowest BCUT2D eigenvalue weighted by Gasteiger charge is -2.56. The summed E-state index contributed by atoms with van der Waals surface area (Å²) in [4.78, 5) is 11.9. The lowest BCUT2D eigenvalue weighted by molar-refractivity contribution is -0.368. The molecule has 7 heteroatoms. The third-order valence-electron chi connectivity index (χ3n) is 8.23. The third-order valence-corrected chi connectivity index (χ3v) is 12.7. The van der Waals surface area contributed by atoms with Gasteiger partial charge in [0, 0.05) is 31.8 Å². The zero-order valence-corrected chi connectivity index (χ0v) is 24.0. The normalized spacial score (nSPS) is 31.9. The average molecular weight is 507 g/mol. The second-order valence-corrected chi connectivity index (χ2v) is 16.6. The molecule has 2 aliphatic heterocycles. The van der Waals surface area contributed by atoms with Crippen LogP contribution in [0.5, 0.6) is 0 Å². The molecule has 0 aromatic heterocycles. The number of rotatable bonds is 8. The summed E-state index contributed by atoms with van der Waals surface area (Å²) in [6.45, 7) is 18.8. The van der Waals surface area contributed by atoms with Gasteiger partial charge in [0.1, 0.15) is 6.10 Å². The Kier molecular flexibility index (Phi) is 9.24. The summed E-state index contributed by atoms with van der Waals surface area (Å²) in [7, 11) is -1.97. The fraction of sp³-hybridized carbons (Fsp3) is 0.750. The van der Waals surface area contributed by atoms with Crippen molar-refractivity contribution in [3.63, 3.8) is 0 Å². The van der Waals surface area contributed by atoms with Gasteiger partial charge in [0.2, 0.25) is 0 Å². The van der Waals surface area contributed by atoms with E-state index in [0.29, 0.717) is 32.7 Å². The molecule has 0 N–H and O–H groups in total. The number of carbonyl (C=O) groups is 1. The Labute approximate surface area is 213 Å². The predicted molar refractivity (Wildman–Crippen MR) is 139 cm³/mol. The molecule has 1 spiro atoms. The SMILES string of the molecule is CC(=O)O[C@@H]1C[C@H](CCOCc2ccccc2)O[C@@]2(OCC[C@@H](O[Si](C)(C)C(C)(C)C)[C@@H]2C)[C@@H]1C. The van der Waals surface area contributed by atoms with Crippen molar-refractivity contribution in [1.29, 1.82) is 0 Å². The van der Waals surface area contributed by atoms with E-state index in [0.717, 1.165) is 12.0 Å². The van der Waals surface area contributed by atoms with Crippen LogP contribution in [0.1, 0.15) is 66.4 Å². The number of hydrogen-bond donors (Lipinski definition) is 0. The fourth-order valence-corrected chi connectivity index (χ4v) is 6.47. The second kappa shape index (κ2) is 11.4. The van der Waals surface area contributed by atoms with E-state index < -0.39 is 14.1 Å². The predicted octanol–water partition coefficient (Wildman–Crippen LogP) is 6.09. The largest absolute Gasteiger partial charge is 0.462 e. The van der Waals surface area contributed by atoms with Gasteiger partial charge >= 0.3 is 5.97 Å². The number of benzene rings is 1. The van der Waals surface area contributed by atoms with E-state index in [-0.39, 0.29) is 41.2 Å². The molecule has 3 rings (SSSR count). The quantitative estimate of drug-likeness (QED) is 0.241.